The quantitative estimate of drug-likeness (QED) is 0.496. The number of anilines is 1. The zero-order chi connectivity index (χ0) is 26.2. The number of nitrogens with zero attached hydrogens (tertiary/aromatic N) is 1. The molecule has 2 aromatic rings. The van der Waals surface area contributed by atoms with Gasteiger partial charge in [0.25, 0.3) is 0 Å². The predicted molar refractivity (Wildman–Crippen MR) is 135 cm³/mol. The van der Waals surface area contributed by atoms with Gasteiger partial charge in [0, 0.05) is 29.2 Å². The van der Waals surface area contributed by atoms with Gasteiger partial charge < -0.3 is 20.1 Å². The van der Waals surface area contributed by atoms with Crippen LogP contribution in [-0.2, 0) is 11.6 Å². The molecule has 2 aromatic carbocycles. The topological polar surface area (TPSA) is 62.8 Å². The maximum atomic E-state index is 13.1. The Morgan fingerprint density at radius 3 is 2.49 bits per heavy atom. The summed E-state index contributed by atoms with van der Waals surface area (Å²) in [7, 11) is 3.28. The molecule has 3 aliphatic rings. The van der Waals surface area contributed by atoms with E-state index < -0.39 is 17.8 Å². The number of carbonyl (C=O) groups excluding carboxylic acids is 1. The largest absolute Gasteiger partial charge is 0.493 e. The molecule has 0 radical (unpaired) electrons. The fourth-order valence-electron chi connectivity index (χ4n) is 6.48. The number of halogens is 3. The maximum absolute atomic E-state index is 13.1. The number of benzene rings is 2. The van der Waals surface area contributed by atoms with Gasteiger partial charge in [-0.15, -0.1) is 0 Å². The van der Waals surface area contributed by atoms with Gasteiger partial charge in [0.1, 0.15) is 0 Å². The number of alkyl halides is 3. The highest BCUT2D eigenvalue weighted by atomic mass is 19.4. The summed E-state index contributed by atoms with van der Waals surface area (Å²) in [5.74, 6) is 1.42. The Balaban J connectivity index is 1.33. The highest BCUT2D eigenvalue weighted by molar-refractivity contribution is 5.89. The van der Waals surface area contributed by atoms with Crippen molar-refractivity contribution in [1.82, 2.24) is 10.2 Å². The lowest BCUT2D eigenvalue weighted by Gasteiger charge is -2.48. The summed E-state index contributed by atoms with van der Waals surface area (Å²) in [5, 5.41) is 5.63. The molecular formula is C28H34F3N3O3. The second-order valence-electron chi connectivity index (χ2n) is 10.5. The molecule has 0 bridgehead atoms. The molecule has 0 spiro atoms. The third-order valence-electron chi connectivity index (χ3n) is 8.59. The normalized spacial score (nSPS) is 26.2. The van der Waals surface area contributed by atoms with Gasteiger partial charge in [0.15, 0.2) is 11.5 Å². The van der Waals surface area contributed by atoms with E-state index in [9.17, 15) is 18.0 Å². The number of amides is 2. The van der Waals surface area contributed by atoms with Gasteiger partial charge in [-0.3, -0.25) is 4.90 Å². The monoisotopic (exact) mass is 517 g/mol. The first kappa shape index (κ1) is 25.7. The molecule has 2 N–H and O–H groups in total. The first-order chi connectivity index (χ1) is 17.7. The van der Waals surface area contributed by atoms with Gasteiger partial charge in [-0.25, -0.2) is 4.79 Å². The molecule has 1 saturated heterocycles. The number of methoxy groups -OCH3 is 2. The number of likely N-dealkylation sites (tertiary alicyclic amines) is 1. The number of urea groups is 1. The van der Waals surface area contributed by atoms with E-state index in [1.807, 2.05) is 6.07 Å². The SMILES string of the molecule is COc1ccc(C23CCC(NC(=O)Nc4cccc(C(F)(F)F)c4)CC2N(C2CCC2)CC3)cc1OC. The van der Waals surface area contributed by atoms with E-state index in [4.69, 9.17) is 9.47 Å². The van der Waals surface area contributed by atoms with Crippen LogP contribution in [0.1, 0.15) is 56.1 Å². The van der Waals surface area contributed by atoms with Crippen molar-refractivity contribution in [2.45, 2.75) is 74.7 Å². The van der Waals surface area contributed by atoms with Crippen molar-refractivity contribution in [3.8, 4) is 11.5 Å². The third-order valence-corrected chi connectivity index (χ3v) is 8.59. The standard InChI is InChI=1S/C28H34F3N3O3/c1-36-23-10-9-18(16-24(23)37-2)27-12-11-21(17-25(27)34(14-13-27)22-7-4-8-22)33-26(35)32-20-6-3-5-19(15-20)28(29,30)31/h3,5-6,9-10,15-16,21-22,25H,4,7-8,11-14,17H2,1-2H3,(H2,32,33,35). The summed E-state index contributed by atoms with van der Waals surface area (Å²) >= 11 is 0. The van der Waals surface area contributed by atoms with E-state index in [1.54, 1.807) is 14.2 Å². The molecule has 2 saturated carbocycles. The molecule has 0 aromatic heterocycles. The zero-order valence-corrected chi connectivity index (χ0v) is 21.2. The molecule has 6 nitrogen and oxygen atoms in total. The van der Waals surface area contributed by atoms with E-state index in [2.05, 4.69) is 27.7 Å². The highest BCUT2D eigenvalue weighted by Gasteiger charge is 2.53. The molecule has 3 fully saturated rings. The van der Waals surface area contributed by atoms with Crippen LogP contribution in [-0.4, -0.2) is 49.8 Å². The number of ether oxygens (including phenoxy) is 2. The van der Waals surface area contributed by atoms with Crippen molar-refractivity contribution in [3.05, 3.63) is 53.6 Å². The molecule has 3 unspecified atom stereocenters. The van der Waals surface area contributed by atoms with Gasteiger partial charge in [0.05, 0.1) is 19.8 Å². The van der Waals surface area contributed by atoms with Gasteiger partial charge >= 0.3 is 12.2 Å². The average molecular weight is 518 g/mol. The Morgan fingerprint density at radius 1 is 1.03 bits per heavy atom. The van der Waals surface area contributed by atoms with Crippen LogP contribution in [0.25, 0.3) is 0 Å². The van der Waals surface area contributed by atoms with Crippen LogP contribution in [0.2, 0.25) is 0 Å². The summed E-state index contributed by atoms with van der Waals surface area (Å²) < 4.78 is 50.2. The first-order valence-corrected chi connectivity index (χ1v) is 13.0. The third kappa shape index (κ3) is 4.98. The van der Waals surface area contributed by atoms with Crippen molar-refractivity contribution in [1.29, 1.82) is 0 Å². The number of rotatable bonds is 6. The van der Waals surface area contributed by atoms with Crippen LogP contribution in [0, 0.1) is 0 Å². The smallest absolute Gasteiger partial charge is 0.416 e. The molecular weight excluding hydrogens is 483 g/mol. The minimum absolute atomic E-state index is 0.0369. The van der Waals surface area contributed by atoms with E-state index in [1.165, 1.54) is 37.0 Å². The van der Waals surface area contributed by atoms with Gasteiger partial charge in [-0.1, -0.05) is 18.6 Å². The molecule has 1 heterocycles. The Bertz CT molecular complexity index is 1140. The zero-order valence-electron chi connectivity index (χ0n) is 21.2. The summed E-state index contributed by atoms with van der Waals surface area (Å²) in [6.07, 6.45) is 2.73. The van der Waals surface area contributed by atoms with E-state index in [-0.39, 0.29) is 23.2 Å². The summed E-state index contributed by atoms with van der Waals surface area (Å²) in [6.45, 7) is 1.02. The lowest BCUT2D eigenvalue weighted by Crippen LogP contribution is -2.55. The van der Waals surface area contributed by atoms with Crippen LogP contribution >= 0.6 is 0 Å². The second-order valence-corrected chi connectivity index (χ2v) is 10.5. The Labute approximate surface area is 215 Å². The van der Waals surface area contributed by atoms with E-state index in [0.29, 0.717) is 11.8 Å². The molecule has 3 atom stereocenters. The molecule has 9 heteroatoms. The fourth-order valence-corrected chi connectivity index (χ4v) is 6.48. The number of carbonyl (C=O) groups is 1. The van der Waals surface area contributed by atoms with E-state index >= 15 is 0 Å². The molecule has 37 heavy (non-hydrogen) atoms. The van der Waals surface area contributed by atoms with Crippen molar-refractivity contribution in [3.63, 3.8) is 0 Å². The average Bonchev–Trinajstić information content (AvgIpc) is 3.21. The Hall–Kier alpha value is -2.94. The number of hydrogen-bond acceptors (Lipinski definition) is 4. The maximum Gasteiger partial charge on any atom is 0.416 e. The first-order valence-electron chi connectivity index (χ1n) is 13.0. The molecule has 200 valence electrons. The van der Waals surface area contributed by atoms with Crippen molar-refractivity contribution in [2.24, 2.45) is 0 Å². The van der Waals surface area contributed by atoms with E-state index in [0.717, 1.165) is 50.1 Å². The Kier molecular flexibility index (Phi) is 7.00. The van der Waals surface area contributed by atoms with Crippen LogP contribution < -0.4 is 20.1 Å². The van der Waals surface area contributed by atoms with Gasteiger partial charge in [-0.05, 0) is 81.0 Å². The highest BCUT2D eigenvalue weighted by Crippen LogP contribution is 2.52. The summed E-state index contributed by atoms with van der Waals surface area (Å²) in [5.41, 5.74) is 0.540. The molecule has 1 aliphatic heterocycles. The second kappa shape index (κ2) is 10.1. The minimum atomic E-state index is -4.46. The predicted octanol–water partition coefficient (Wildman–Crippen LogP) is 5.96. The number of hydrogen-bond donors (Lipinski definition) is 2. The molecule has 5 rings (SSSR count). The van der Waals surface area contributed by atoms with Crippen molar-refractivity contribution >= 4 is 11.7 Å². The van der Waals surface area contributed by atoms with Crippen molar-refractivity contribution in [2.75, 3.05) is 26.1 Å². The summed E-state index contributed by atoms with van der Waals surface area (Å²) in [4.78, 5) is 15.4. The summed E-state index contributed by atoms with van der Waals surface area (Å²) in [6, 6.07) is 11.2. The number of nitrogens with one attached hydrogen (secondary N) is 2. The molecule has 2 amide bonds. The van der Waals surface area contributed by atoms with Crippen molar-refractivity contribution < 1.29 is 27.4 Å². The Morgan fingerprint density at radius 2 is 1.81 bits per heavy atom. The van der Waals surface area contributed by atoms with Gasteiger partial charge in [-0.2, -0.15) is 13.2 Å². The number of fused-ring (bicyclic) bond motifs is 1. The van der Waals surface area contributed by atoms with Crippen LogP contribution in [0.3, 0.4) is 0 Å². The van der Waals surface area contributed by atoms with Crippen LogP contribution in [0.5, 0.6) is 11.5 Å². The van der Waals surface area contributed by atoms with Crippen LogP contribution in [0.15, 0.2) is 42.5 Å². The van der Waals surface area contributed by atoms with Crippen LogP contribution in [0.4, 0.5) is 23.7 Å². The molecule has 2 aliphatic carbocycles. The van der Waals surface area contributed by atoms with Gasteiger partial charge in [0.2, 0.25) is 0 Å². The fraction of sp³-hybridized carbons (Fsp3) is 0.536. The lowest BCUT2D eigenvalue weighted by molar-refractivity contribution is -0.137. The lowest BCUT2D eigenvalue weighted by atomic mass is 9.64. The minimum Gasteiger partial charge on any atom is -0.493 e.